The van der Waals surface area contributed by atoms with Gasteiger partial charge < -0.3 is 4.57 Å². The third kappa shape index (κ3) is 0.985. The normalized spacial score (nSPS) is 9.40. The highest BCUT2D eigenvalue weighted by molar-refractivity contribution is 5.91. The highest BCUT2D eigenvalue weighted by Crippen LogP contribution is 1.93. The lowest BCUT2D eigenvalue weighted by Gasteiger charge is -1.96. The van der Waals surface area contributed by atoms with Crippen molar-refractivity contribution in [2.45, 2.75) is 0 Å². The van der Waals surface area contributed by atoms with E-state index < -0.39 is 5.91 Å². The SMILES string of the molecule is Cn1cncc1C(=O)NO. The second kappa shape index (κ2) is 2.49. The minimum Gasteiger partial charge on any atom is -0.330 e. The van der Waals surface area contributed by atoms with Crippen LogP contribution < -0.4 is 5.48 Å². The summed E-state index contributed by atoms with van der Waals surface area (Å²) in [7, 11) is 1.66. The van der Waals surface area contributed by atoms with Crippen LogP contribution in [-0.2, 0) is 7.05 Å². The number of hydrogen-bond donors (Lipinski definition) is 2. The topological polar surface area (TPSA) is 67.2 Å². The van der Waals surface area contributed by atoms with Crippen LogP contribution in [0.25, 0.3) is 0 Å². The minimum absolute atomic E-state index is 0.322. The fraction of sp³-hybridized carbons (Fsp3) is 0.200. The molecular formula is C5H7N3O2. The average Bonchev–Trinajstić information content (AvgIpc) is 2.34. The fourth-order valence-electron chi connectivity index (χ4n) is 0.633. The summed E-state index contributed by atoms with van der Waals surface area (Å²) < 4.78 is 1.51. The van der Waals surface area contributed by atoms with E-state index >= 15 is 0 Å². The van der Waals surface area contributed by atoms with Crippen LogP contribution in [0.15, 0.2) is 12.5 Å². The van der Waals surface area contributed by atoms with Gasteiger partial charge >= 0.3 is 0 Å². The molecule has 0 saturated carbocycles. The molecule has 10 heavy (non-hydrogen) atoms. The van der Waals surface area contributed by atoms with E-state index in [0.717, 1.165) is 0 Å². The first-order chi connectivity index (χ1) is 4.75. The van der Waals surface area contributed by atoms with E-state index in [-0.39, 0.29) is 0 Å². The van der Waals surface area contributed by atoms with Crippen LogP contribution in [0.3, 0.4) is 0 Å². The molecule has 0 saturated heterocycles. The Morgan fingerprint density at radius 3 is 3.00 bits per heavy atom. The van der Waals surface area contributed by atoms with Crippen LogP contribution in [0.4, 0.5) is 0 Å². The first kappa shape index (κ1) is 6.76. The number of hydroxylamine groups is 1. The molecule has 1 aromatic rings. The van der Waals surface area contributed by atoms with E-state index in [0.29, 0.717) is 5.69 Å². The van der Waals surface area contributed by atoms with Crippen molar-refractivity contribution in [3.05, 3.63) is 18.2 Å². The molecule has 1 aromatic heterocycles. The Balaban J connectivity index is 2.93. The maximum absolute atomic E-state index is 10.7. The second-order valence-corrected chi connectivity index (χ2v) is 1.83. The number of nitrogens with one attached hydrogen (secondary N) is 1. The number of aryl methyl sites for hydroxylation is 1. The number of nitrogens with zero attached hydrogens (tertiary/aromatic N) is 2. The number of aromatic nitrogens is 2. The quantitative estimate of drug-likeness (QED) is 0.410. The summed E-state index contributed by atoms with van der Waals surface area (Å²) in [4.78, 5) is 14.4. The van der Waals surface area contributed by atoms with Gasteiger partial charge in [0.2, 0.25) is 0 Å². The van der Waals surface area contributed by atoms with Gasteiger partial charge in [-0.2, -0.15) is 0 Å². The number of amides is 1. The molecule has 5 heteroatoms. The predicted molar refractivity (Wildman–Crippen MR) is 32.5 cm³/mol. The molecule has 2 N–H and O–H groups in total. The molecule has 54 valence electrons. The van der Waals surface area contributed by atoms with Crippen molar-refractivity contribution < 1.29 is 10.0 Å². The Morgan fingerprint density at radius 1 is 1.90 bits per heavy atom. The zero-order chi connectivity index (χ0) is 7.56. The lowest BCUT2D eigenvalue weighted by molar-refractivity contribution is 0.0697. The zero-order valence-corrected chi connectivity index (χ0v) is 5.40. The first-order valence-electron chi connectivity index (χ1n) is 2.66. The Morgan fingerprint density at radius 2 is 2.60 bits per heavy atom. The van der Waals surface area contributed by atoms with Gasteiger partial charge in [-0.3, -0.25) is 10.0 Å². The highest BCUT2D eigenvalue weighted by atomic mass is 16.5. The van der Waals surface area contributed by atoms with E-state index in [1.54, 1.807) is 7.05 Å². The molecule has 0 radical (unpaired) electrons. The van der Waals surface area contributed by atoms with E-state index in [4.69, 9.17) is 5.21 Å². The molecule has 0 aliphatic heterocycles. The van der Waals surface area contributed by atoms with Crippen LogP contribution in [0.1, 0.15) is 10.5 Å². The molecule has 0 bridgehead atoms. The molecule has 0 unspecified atom stereocenters. The summed E-state index contributed by atoms with van der Waals surface area (Å²) in [6.07, 6.45) is 2.84. The maximum atomic E-state index is 10.7. The van der Waals surface area contributed by atoms with Crippen LogP contribution in [0, 0.1) is 0 Å². The smallest absolute Gasteiger partial charge is 0.292 e. The lowest BCUT2D eigenvalue weighted by Crippen LogP contribution is -2.20. The van der Waals surface area contributed by atoms with E-state index in [1.807, 2.05) is 0 Å². The fourth-order valence-corrected chi connectivity index (χ4v) is 0.633. The summed E-state index contributed by atoms with van der Waals surface area (Å²) in [6.45, 7) is 0. The largest absolute Gasteiger partial charge is 0.330 e. The second-order valence-electron chi connectivity index (χ2n) is 1.83. The standard InChI is InChI=1S/C5H7N3O2/c1-8-3-6-2-4(8)5(9)7-10/h2-3,10H,1H3,(H,7,9). The number of carbonyl (C=O) groups is 1. The van der Waals surface area contributed by atoms with Crippen molar-refractivity contribution in [3.8, 4) is 0 Å². The predicted octanol–water partition coefficient (Wildman–Crippen LogP) is -0.461. The number of imidazole rings is 1. The van der Waals surface area contributed by atoms with Crippen molar-refractivity contribution in [3.63, 3.8) is 0 Å². The van der Waals surface area contributed by atoms with E-state index in [2.05, 4.69) is 4.98 Å². The number of carbonyl (C=O) groups excluding carboxylic acids is 1. The first-order valence-corrected chi connectivity index (χ1v) is 2.66. The Labute approximate surface area is 57.3 Å². The van der Waals surface area contributed by atoms with Crippen molar-refractivity contribution >= 4 is 5.91 Å². The molecule has 0 spiro atoms. The Kier molecular flexibility index (Phi) is 1.68. The van der Waals surface area contributed by atoms with Gasteiger partial charge in [-0.25, -0.2) is 10.5 Å². The van der Waals surface area contributed by atoms with Crippen molar-refractivity contribution in [1.29, 1.82) is 0 Å². The average molecular weight is 141 g/mol. The summed E-state index contributed by atoms with van der Waals surface area (Å²) in [6, 6.07) is 0. The molecule has 0 fully saturated rings. The summed E-state index contributed by atoms with van der Waals surface area (Å²) in [5.41, 5.74) is 1.83. The molecule has 1 rings (SSSR count). The van der Waals surface area contributed by atoms with Gasteiger partial charge in [-0.1, -0.05) is 0 Å². The van der Waals surface area contributed by atoms with E-state index in [9.17, 15) is 4.79 Å². The van der Waals surface area contributed by atoms with Crippen molar-refractivity contribution in [2.75, 3.05) is 0 Å². The van der Waals surface area contributed by atoms with Gasteiger partial charge in [-0.15, -0.1) is 0 Å². The third-order valence-electron chi connectivity index (χ3n) is 1.15. The van der Waals surface area contributed by atoms with Crippen LogP contribution in [0.2, 0.25) is 0 Å². The van der Waals surface area contributed by atoms with Gasteiger partial charge in [-0.05, 0) is 0 Å². The summed E-state index contributed by atoms with van der Waals surface area (Å²) in [5.74, 6) is -0.556. The van der Waals surface area contributed by atoms with Gasteiger partial charge in [0.1, 0.15) is 5.69 Å². The molecular weight excluding hydrogens is 134 g/mol. The van der Waals surface area contributed by atoms with Gasteiger partial charge in [0.25, 0.3) is 5.91 Å². The van der Waals surface area contributed by atoms with E-state index in [1.165, 1.54) is 22.6 Å². The maximum Gasteiger partial charge on any atom is 0.292 e. The molecule has 1 heterocycles. The van der Waals surface area contributed by atoms with Crippen LogP contribution >= 0.6 is 0 Å². The monoisotopic (exact) mass is 141 g/mol. The number of rotatable bonds is 1. The Hall–Kier alpha value is -1.36. The molecule has 5 nitrogen and oxygen atoms in total. The van der Waals surface area contributed by atoms with Crippen LogP contribution in [0.5, 0.6) is 0 Å². The zero-order valence-electron chi connectivity index (χ0n) is 5.40. The molecule has 0 aliphatic carbocycles. The number of hydrogen-bond acceptors (Lipinski definition) is 3. The van der Waals surface area contributed by atoms with Gasteiger partial charge in [0, 0.05) is 7.05 Å². The molecule has 0 aromatic carbocycles. The van der Waals surface area contributed by atoms with Gasteiger partial charge in [0.15, 0.2) is 0 Å². The summed E-state index contributed by atoms with van der Waals surface area (Å²) in [5, 5.41) is 8.19. The molecule has 0 atom stereocenters. The molecule has 1 amide bonds. The van der Waals surface area contributed by atoms with Crippen molar-refractivity contribution in [2.24, 2.45) is 7.05 Å². The third-order valence-corrected chi connectivity index (χ3v) is 1.15. The minimum atomic E-state index is -0.556. The van der Waals surface area contributed by atoms with Crippen molar-refractivity contribution in [1.82, 2.24) is 15.0 Å². The summed E-state index contributed by atoms with van der Waals surface area (Å²) >= 11 is 0. The highest BCUT2D eigenvalue weighted by Gasteiger charge is 2.06. The molecule has 0 aliphatic rings. The van der Waals surface area contributed by atoms with Crippen LogP contribution in [-0.4, -0.2) is 20.7 Å². The Bertz CT molecular complexity index is 243. The van der Waals surface area contributed by atoms with Gasteiger partial charge in [0.05, 0.1) is 12.5 Å². The lowest BCUT2D eigenvalue weighted by atomic mass is 10.4.